The van der Waals surface area contributed by atoms with Gasteiger partial charge >= 0.3 is 0 Å². The van der Waals surface area contributed by atoms with Gasteiger partial charge in [0.05, 0.1) is 17.9 Å². The molecule has 3 rings (SSSR count). The molecule has 0 radical (unpaired) electrons. The van der Waals surface area contributed by atoms with Crippen molar-refractivity contribution in [3.63, 3.8) is 0 Å². The van der Waals surface area contributed by atoms with Gasteiger partial charge in [0, 0.05) is 23.5 Å². The highest BCUT2D eigenvalue weighted by molar-refractivity contribution is 6.15. The van der Waals surface area contributed by atoms with E-state index in [9.17, 15) is 19.2 Å². The number of carbonyl (C=O) groups is 4. The molecule has 10 heteroatoms. The molecular weight excluding hydrogens is 436 g/mol. The molecule has 0 aliphatic carbocycles. The SMILES string of the molecule is CCN(CC)CC(=O)Nc1ccc(/N=N/c2ccc(NC(=O)CN3C(=O)C=CC3=O)cc2)cc1. The molecule has 2 aromatic rings. The van der Waals surface area contributed by atoms with Gasteiger partial charge in [0.25, 0.3) is 11.8 Å². The van der Waals surface area contributed by atoms with Crippen molar-refractivity contribution in [2.24, 2.45) is 10.2 Å². The second-order valence-electron chi connectivity index (χ2n) is 7.45. The van der Waals surface area contributed by atoms with E-state index in [4.69, 9.17) is 0 Å². The number of anilines is 2. The number of rotatable bonds is 10. The van der Waals surface area contributed by atoms with Gasteiger partial charge in [-0.25, -0.2) is 0 Å². The summed E-state index contributed by atoms with van der Waals surface area (Å²) in [5.74, 6) is -1.57. The Morgan fingerprint density at radius 1 is 0.765 bits per heavy atom. The molecule has 0 atom stereocenters. The van der Waals surface area contributed by atoms with Gasteiger partial charge in [-0.05, 0) is 61.6 Å². The number of imide groups is 1. The predicted molar refractivity (Wildman–Crippen MR) is 128 cm³/mol. The van der Waals surface area contributed by atoms with Crippen molar-refractivity contribution >= 4 is 46.4 Å². The Hall–Kier alpha value is -4.18. The number of hydrogen-bond acceptors (Lipinski definition) is 7. The molecule has 0 saturated heterocycles. The number of azo groups is 1. The van der Waals surface area contributed by atoms with Crippen LogP contribution < -0.4 is 10.6 Å². The van der Waals surface area contributed by atoms with Crippen LogP contribution in [0.25, 0.3) is 0 Å². The summed E-state index contributed by atoms with van der Waals surface area (Å²) in [5.41, 5.74) is 2.38. The highest BCUT2D eigenvalue weighted by atomic mass is 16.2. The number of carbonyl (C=O) groups excluding carboxylic acids is 4. The number of hydrogen-bond donors (Lipinski definition) is 2. The fourth-order valence-electron chi connectivity index (χ4n) is 3.12. The lowest BCUT2D eigenvalue weighted by atomic mass is 10.2. The normalized spacial score (nSPS) is 13.2. The second-order valence-corrected chi connectivity index (χ2v) is 7.45. The highest BCUT2D eigenvalue weighted by Crippen LogP contribution is 2.22. The first-order chi connectivity index (χ1) is 16.4. The zero-order valence-electron chi connectivity index (χ0n) is 19.0. The van der Waals surface area contributed by atoms with E-state index in [2.05, 4.69) is 20.9 Å². The third-order valence-corrected chi connectivity index (χ3v) is 5.05. The molecule has 2 N–H and O–H groups in total. The van der Waals surface area contributed by atoms with E-state index in [0.29, 0.717) is 29.3 Å². The van der Waals surface area contributed by atoms with Crippen LogP contribution in [-0.2, 0) is 19.2 Å². The minimum Gasteiger partial charge on any atom is -0.325 e. The maximum Gasteiger partial charge on any atom is 0.254 e. The molecule has 10 nitrogen and oxygen atoms in total. The molecule has 0 unspecified atom stereocenters. The molecule has 1 aliphatic heterocycles. The Balaban J connectivity index is 1.50. The maximum absolute atomic E-state index is 12.1. The van der Waals surface area contributed by atoms with E-state index in [1.807, 2.05) is 18.7 Å². The third kappa shape index (κ3) is 6.91. The summed E-state index contributed by atoms with van der Waals surface area (Å²) in [6, 6.07) is 13.7. The van der Waals surface area contributed by atoms with Crippen LogP contribution in [-0.4, -0.2) is 59.6 Å². The van der Waals surface area contributed by atoms with Crippen molar-refractivity contribution < 1.29 is 19.2 Å². The summed E-state index contributed by atoms with van der Waals surface area (Å²) in [7, 11) is 0. The van der Waals surface area contributed by atoms with Crippen LogP contribution in [0.5, 0.6) is 0 Å². The lowest BCUT2D eigenvalue weighted by molar-refractivity contribution is -0.139. The smallest absolute Gasteiger partial charge is 0.254 e. The average molecular weight is 463 g/mol. The zero-order chi connectivity index (χ0) is 24.5. The summed E-state index contributed by atoms with van der Waals surface area (Å²) in [4.78, 5) is 50.1. The summed E-state index contributed by atoms with van der Waals surface area (Å²) in [6.07, 6.45) is 2.26. The minimum atomic E-state index is -0.508. The fraction of sp³-hybridized carbons (Fsp3) is 0.250. The lowest BCUT2D eigenvalue weighted by Crippen LogP contribution is -2.37. The molecule has 1 heterocycles. The summed E-state index contributed by atoms with van der Waals surface area (Å²) < 4.78 is 0. The average Bonchev–Trinajstić information content (AvgIpc) is 3.15. The third-order valence-electron chi connectivity index (χ3n) is 5.05. The van der Waals surface area contributed by atoms with Crippen molar-refractivity contribution in [2.75, 3.05) is 36.8 Å². The predicted octanol–water partition coefficient (Wildman–Crippen LogP) is 3.25. The Bertz CT molecular complexity index is 1090. The molecule has 176 valence electrons. The number of amides is 4. The van der Waals surface area contributed by atoms with Crippen LogP contribution in [0.15, 0.2) is 70.9 Å². The van der Waals surface area contributed by atoms with E-state index in [1.54, 1.807) is 48.5 Å². The first-order valence-electron chi connectivity index (χ1n) is 10.9. The molecule has 4 amide bonds. The lowest BCUT2D eigenvalue weighted by Gasteiger charge is -2.17. The van der Waals surface area contributed by atoms with Crippen LogP contribution in [0.1, 0.15) is 13.8 Å². The molecule has 0 spiro atoms. The molecule has 0 aromatic heterocycles. The van der Waals surface area contributed by atoms with Crippen LogP contribution in [0.2, 0.25) is 0 Å². The Kier molecular flexibility index (Phi) is 8.36. The number of benzene rings is 2. The van der Waals surface area contributed by atoms with Crippen LogP contribution >= 0.6 is 0 Å². The van der Waals surface area contributed by atoms with Gasteiger partial charge in [0.15, 0.2) is 0 Å². The van der Waals surface area contributed by atoms with Gasteiger partial charge in [-0.3, -0.25) is 29.0 Å². The van der Waals surface area contributed by atoms with Crippen LogP contribution in [0.3, 0.4) is 0 Å². The fourth-order valence-corrected chi connectivity index (χ4v) is 3.12. The van der Waals surface area contributed by atoms with Gasteiger partial charge in [0.1, 0.15) is 6.54 Å². The molecule has 0 saturated carbocycles. The molecule has 1 aliphatic rings. The van der Waals surface area contributed by atoms with Crippen molar-refractivity contribution in [1.29, 1.82) is 0 Å². The van der Waals surface area contributed by atoms with Crippen molar-refractivity contribution in [3.8, 4) is 0 Å². The van der Waals surface area contributed by atoms with Gasteiger partial charge < -0.3 is 10.6 Å². The summed E-state index contributed by atoms with van der Waals surface area (Å²) in [6.45, 7) is 5.65. The van der Waals surface area contributed by atoms with E-state index in [0.717, 1.165) is 30.1 Å². The molecule has 2 aromatic carbocycles. The quantitative estimate of drug-likeness (QED) is 0.414. The van der Waals surface area contributed by atoms with Crippen LogP contribution in [0.4, 0.5) is 22.7 Å². The van der Waals surface area contributed by atoms with Gasteiger partial charge in [0.2, 0.25) is 11.8 Å². The second kappa shape index (κ2) is 11.6. The van der Waals surface area contributed by atoms with Crippen LogP contribution in [0, 0.1) is 0 Å². The first kappa shape index (κ1) is 24.5. The number of nitrogens with zero attached hydrogens (tertiary/aromatic N) is 4. The van der Waals surface area contributed by atoms with E-state index < -0.39 is 17.7 Å². The Morgan fingerprint density at radius 3 is 1.65 bits per heavy atom. The van der Waals surface area contributed by atoms with Crippen molar-refractivity contribution in [1.82, 2.24) is 9.80 Å². The molecule has 0 fully saturated rings. The molecule has 0 bridgehead atoms. The topological polar surface area (TPSA) is 124 Å². The standard InChI is InChI=1S/C24H26N6O4/c1-3-29(4-2)15-21(31)25-17-5-9-19(10-6-17)27-28-20-11-7-18(8-12-20)26-22(32)16-30-23(33)13-14-24(30)34/h5-14H,3-4,15-16H2,1-2H3,(H,25,31)(H,26,32)/b28-27+. The largest absolute Gasteiger partial charge is 0.325 e. The number of likely N-dealkylation sites (N-methyl/N-ethyl adjacent to an activating group) is 1. The van der Waals surface area contributed by atoms with Gasteiger partial charge in [-0.15, -0.1) is 0 Å². The van der Waals surface area contributed by atoms with E-state index in [-0.39, 0.29) is 12.5 Å². The first-order valence-corrected chi connectivity index (χ1v) is 10.9. The highest BCUT2D eigenvalue weighted by Gasteiger charge is 2.25. The zero-order valence-corrected chi connectivity index (χ0v) is 19.0. The maximum atomic E-state index is 12.1. The summed E-state index contributed by atoms with van der Waals surface area (Å²) >= 11 is 0. The van der Waals surface area contributed by atoms with E-state index >= 15 is 0 Å². The van der Waals surface area contributed by atoms with Gasteiger partial charge in [-0.1, -0.05) is 13.8 Å². The Morgan fingerprint density at radius 2 is 1.21 bits per heavy atom. The van der Waals surface area contributed by atoms with Crippen molar-refractivity contribution in [3.05, 3.63) is 60.7 Å². The number of nitrogens with one attached hydrogen (secondary N) is 2. The summed E-state index contributed by atoms with van der Waals surface area (Å²) in [5, 5.41) is 13.8. The monoisotopic (exact) mass is 462 g/mol. The molecule has 34 heavy (non-hydrogen) atoms. The van der Waals surface area contributed by atoms with Crippen molar-refractivity contribution in [2.45, 2.75) is 13.8 Å². The van der Waals surface area contributed by atoms with Gasteiger partial charge in [-0.2, -0.15) is 10.2 Å². The van der Waals surface area contributed by atoms with E-state index in [1.165, 1.54) is 0 Å². The molecular formula is C24H26N6O4. The minimum absolute atomic E-state index is 0.0689. The Labute approximate surface area is 197 Å².